The van der Waals surface area contributed by atoms with Crippen LogP contribution in [0.25, 0.3) is 5.57 Å². The quantitative estimate of drug-likeness (QED) is 0.791. The van der Waals surface area contributed by atoms with Crippen molar-refractivity contribution in [3.05, 3.63) is 65.0 Å². The molecule has 1 aliphatic carbocycles. The second-order valence-electron chi connectivity index (χ2n) is 5.32. The lowest BCUT2D eigenvalue weighted by molar-refractivity contribution is 0.744. The fourth-order valence-corrected chi connectivity index (χ4v) is 3.04. The molecule has 0 unspecified atom stereocenters. The zero-order chi connectivity index (χ0) is 13.1. The Hall–Kier alpha value is -1.76. The molecule has 1 nitrogen and oxygen atoms in total. The minimum Gasteiger partial charge on any atom is -0.361 e. The Morgan fingerprint density at radius 2 is 1.95 bits per heavy atom. The number of allylic oxidation sites excluding steroid dienone is 1. The summed E-state index contributed by atoms with van der Waals surface area (Å²) in [6, 6.07) is 13.2. The predicted molar refractivity (Wildman–Crippen MR) is 81.1 cm³/mol. The summed E-state index contributed by atoms with van der Waals surface area (Å²) < 4.78 is 0. The SMILES string of the molecule is CCCCC1=C(c2ccc[nH]2)c2ccccc2CC1. The standard InChI is InChI=1S/C18H21N/c1-2-3-7-15-12-11-14-8-4-5-9-16(14)18(15)17-10-6-13-19-17/h4-6,8-10,13,19H,2-3,7,11-12H2,1H3. The number of aromatic nitrogens is 1. The summed E-state index contributed by atoms with van der Waals surface area (Å²) in [5, 5.41) is 0. The smallest absolute Gasteiger partial charge is 0.0459 e. The molecule has 0 fully saturated rings. The Morgan fingerprint density at radius 3 is 2.74 bits per heavy atom. The number of benzene rings is 1. The number of nitrogens with one attached hydrogen (secondary N) is 1. The van der Waals surface area contributed by atoms with Crippen LogP contribution in [-0.2, 0) is 6.42 Å². The van der Waals surface area contributed by atoms with Gasteiger partial charge in [-0.3, -0.25) is 0 Å². The third-order valence-electron chi connectivity index (χ3n) is 4.04. The van der Waals surface area contributed by atoms with Gasteiger partial charge in [0.15, 0.2) is 0 Å². The normalized spacial score (nSPS) is 14.6. The van der Waals surface area contributed by atoms with E-state index < -0.39 is 0 Å². The molecule has 0 aliphatic heterocycles. The lowest BCUT2D eigenvalue weighted by Crippen LogP contribution is -2.06. The van der Waals surface area contributed by atoms with Crippen LogP contribution < -0.4 is 0 Å². The van der Waals surface area contributed by atoms with E-state index in [1.807, 2.05) is 6.20 Å². The van der Waals surface area contributed by atoms with Gasteiger partial charge in [0.05, 0.1) is 0 Å². The summed E-state index contributed by atoms with van der Waals surface area (Å²) in [5.74, 6) is 0. The zero-order valence-corrected chi connectivity index (χ0v) is 11.6. The Morgan fingerprint density at radius 1 is 1.05 bits per heavy atom. The molecule has 3 rings (SSSR count). The monoisotopic (exact) mass is 251 g/mol. The number of fused-ring (bicyclic) bond motifs is 1. The fraction of sp³-hybridized carbons (Fsp3) is 0.333. The third-order valence-corrected chi connectivity index (χ3v) is 4.04. The maximum atomic E-state index is 3.40. The van der Waals surface area contributed by atoms with Crippen LogP contribution in [0.3, 0.4) is 0 Å². The van der Waals surface area contributed by atoms with Crippen molar-refractivity contribution in [1.82, 2.24) is 4.98 Å². The van der Waals surface area contributed by atoms with E-state index in [9.17, 15) is 0 Å². The van der Waals surface area contributed by atoms with E-state index in [1.165, 1.54) is 54.5 Å². The first-order valence-electron chi connectivity index (χ1n) is 7.34. The molecular weight excluding hydrogens is 230 g/mol. The Labute approximate surface area is 115 Å². The van der Waals surface area contributed by atoms with Crippen molar-refractivity contribution in [1.29, 1.82) is 0 Å². The first-order valence-corrected chi connectivity index (χ1v) is 7.34. The van der Waals surface area contributed by atoms with E-state index in [0.29, 0.717) is 0 Å². The number of aryl methyl sites for hydroxylation is 1. The van der Waals surface area contributed by atoms with Gasteiger partial charge in [-0.15, -0.1) is 0 Å². The predicted octanol–water partition coefficient (Wildman–Crippen LogP) is 4.95. The van der Waals surface area contributed by atoms with Crippen LogP contribution in [-0.4, -0.2) is 4.98 Å². The molecule has 0 saturated carbocycles. The number of hydrogen-bond acceptors (Lipinski definition) is 0. The number of unbranched alkanes of at least 4 members (excludes halogenated alkanes) is 1. The topological polar surface area (TPSA) is 15.8 Å². The van der Waals surface area contributed by atoms with Crippen LogP contribution >= 0.6 is 0 Å². The van der Waals surface area contributed by atoms with Crippen LogP contribution in [0.4, 0.5) is 0 Å². The van der Waals surface area contributed by atoms with Gasteiger partial charge in [0.1, 0.15) is 0 Å². The average Bonchev–Trinajstić information content (AvgIpc) is 2.98. The van der Waals surface area contributed by atoms with E-state index in [-0.39, 0.29) is 0 Å². The molecule has 0 amide bonds. The summed E-state index contributed by atoms with van der Waals surface area (Å²) in [6.07, 6.45) is 8.23. The van der Waals surface area contributed by atoms with Gasteiger partial charge in [0, 0.05) is 17.5 Å². The van der Waals surface area contributed by atoms with Crippen LogP contribution in [0.2, 0.25) is 0 Å². The molecule has 1 aromatic heterocycles. The molecule has 1 heterocycles. The highest BCUT2D eigenvalue weighted by atomic mass is 14.7. The summed E-state index contributed by atoms with van der Waals surface area (Å²) in [4.78, 5) is 3.40. The maximum Gasteiger partial charge on any atom is 0.0459 e. The number of hydrogen-bond donors (Lipinski definition) is 1. The van der Waals surface area contributed by atoms with E-state index in [4.69, 9.17) is 0 Å². The highest BCUT2D eigenvalue weighted by Crippen LogP contribution is 2.37. The molecule has 0 radical (unpaired) electrons. The molecule has 0 saturated heterocycles. The van der Waals surface area contributed by atoms with Gasteiger partial charge in [0.2, 0.25) is 0 Å². The van der Waals surface area contributed by atoms with Gasteiger partial charge in [0.25, 0.3) is 0 Å². The lowest BCUT2D eigenvalue weighted by atomic mass is 9.82. The second-order valence-corrected chi connectivity index (χ2v) is 5.32. The molecule has 98 valence electrons. The molecular formula is C18H21N. The van der Waals surface area contributed by atoms with Crippen molar-refractivity contribution in [2.24, 2.45) is 0 Å². The van der Waals surface area contributed by atoms with Crippen LogP contribution in [0.1, 0.15) is 49.4 Å². The van der Waals surface area contributed by atoms with Gasteiger partial charge in [-0.25, -0.2) is 0 Å². The number of H-pyrrole nitrogens is 1. The van der Waals surface area contributed by atoms with Crippen molar-refractivity contribution >= 4 is 5.57 Å². The highest BCUT2D eigenvalue weighted by Gasteiger charge is 2.19. The van der Waals surface area contributed by atoms with Crippen molar-refractivity contribution in [3.63, 3.8) is 0 Å². The summed E-state index contributed by atoms with van der Waals surface area (Å²) >= 11 is 0. The van der Waals surface area contributed by atoms with Gasteiger partial charge in [-0.05, 0) is 48.9 Å². The van der Waals surface area contributed by atoms with E-state index >= 15 is 0 Å². The summed E-state index contributed by atoms with van der Waals surface area (Å²) in [6.45, 7) is 2.27. The first-order chi connectivity index (χ1) is 9.40. The Kier molecular flexibility index (Phi) is 3.54. The van der Waals surface area contributed by atoms with Gasteiger partial charge < -0.3 is 4.98 Å². The molecule has 2 aromatic rings. The molecule has 1 aromatic carbocycles. The second kappa shape index (κ2) is 5.48. The molecule has 1 heteroatoms. The third kappa shape index (κ3) is 2.37. The van der Waals surface area contributed by atoms with E-state index in [0.717, 1.165) is 0 Å². The van der Waals surface area contributed by atoms with Crippen LogP contribution in [0.15, 0.2) is 48.2 Å². The van der Waals surface area contributed by atoms with Crippen molar-refractivity contribution in [3.8, 4) is 0 Å². The van der Waals surface area contributed by atoms with Crippen LogP contribution in [0, 0.1) is 0 Å². The summed E-state index contributed by atoms with van der Waals surface area (Å²) in [7, 11) is 0. The minimum atomic E-state index is 1.19. The fourth-order valence-electron chi connectivity index (χ4n) is 3.04. The average molecular weight is 251 g/mol. The molecule has 19 heavy (non-hydrogen) atoms. The zero-order valence-electron chi connectivity index (χ0n) is 11.6. The van der Waals surface area contributed by atoms with Crippen LogP contribution in [0.5, 0.6) is 0 Å². The lowest BCUT2D eigenvalue weighted by Gasteiger charge is -2.23. The van der Waals surface area contributed by atoms with Gasteiger partial charge in [-0.2, -0.15) is 0 Å². The molecule has 0 spiro atoms. The maximum absolute atomic E-state index is 3.40. The highest BCUT2D eigenvalue weighted by molar-refractivity contribution is 5.83. The van der Waals surface area contributed by atoms with E-state index in [1.54, 1.807) is 5.57 Å². The Bertz CT molecular complexity index is 575. The van der Waals surface area contributed by atoms with Crippen molar-refractivity contribution < 1.29 is 0 Å². The number of rotatable bonds is 4. The van der Waals surface area contributed by atoms with E-state index in [2.05, 4.69) is 48.3 Å². The van der Waals surface area contributed by atoms with Crippen molar-refractivity contribution in [2.45, 2.75) is 39.0 Å². The molecule has 0 bridgehead atoms. The molecule has 1 aliphatic rings. The largest absolute Gasteiger partial charge is 0.361 e. The van der Waals surface area contributed by atoms with Gasteiger partial charge >= 0.3 is 0 Å². The Balaban J connectivity index is 2.10. The summed E-state index contributed by atoms with van der Waals surface area (Å²) in [5.41, 5.74) is 7.29. The molecule has 0 atom stereocenters. The number of aromatic amines is 1. The minimum absolute atomic E-state index is 1.19. The first kappa shape index (κ1) is 12.3. The van der Waals surface area contributed by atoms with Gasteiger partial charge in [-0.1, -0.05) is 43.2 Å². The van der Waals surface area contributed by atoms with Crippen molar-refractivity contribution in [2.75, 3.05) is 0 Å². The molecule has 1 N–H and O–H groups in total.